The second kappa shape index (κ2) is 6.17. The van der Waals surface area contributed by atoms with Gasteiger partial charge >= 0.3 is 0 Å². The fourth-order valence-corrected chi connectivity index (χ4v) is 4.28. The van der Waals surface area contributed by atoms with Gasteiger partial charge in [-0.05, 0) is 37.7 Å². The Morgan fingerprint density at radius 1 is 1.12 bits per heavy atom. The lowest BCUT2D eigenvalue weighted by Gasteiger charge is -2.34. The van der Waals surface area contributed by atoms with Crippen LogP contribution in [0.2, 0.25) is 0 Å². The molecule has 25 heavy (non-hydrogen) atoms. The van der Waals surface area contributed by atoms with E-state index in [0.717, 1.165) is 42.4 Å². The van der Waals surface area contributed by atoms with Crippen LogP contribution in [0.1, 0.15) is 43.8 Å². The summed E-state index contributed by atoms with van der Waals surface area (Å²) in [6.45, 7) is 3.18. The van der Waals surface area contributed by atoms with Gasteiger partial charge in [0.1, 0.15) is 23.6 Å². The quantitative estimate of drug-likeness (QED) is 0.794. The topological polar surface area (TPSA) is 62.6 Å². The number of aromatic amines is 1. The van der Waals surface area contributed by atoms with E-state index in [1.54, 1.807) is 6.33 Å². The zero-order valence-electron chi connectivity index (χ0n) is 14.4. The number of nitrogens with one attached hydrogen (secondary N) is 1. The van der Waals surface area contributed by atoms with Crippen LogP contribution < -0.4 is 4.90 Å². The number of piperidine rings is 1. The van der Waals surface area contributed by atoms with Gasteiger partial charge in [0.05, 0.1) is 5.39 Å². The van der Waals surface area contributed by atoms with E-state index >= 15 is 0 Å². The summed E-state index contributed by atoms with van der Waals surface area (Å²) in [4.78, 5) is 19.2. The Kier molecular flexibility index (Phi) is 3.68. The molecule has 5 rings (SSSR count). The van der Waals surface area contributed by atoms with Crippen LogP contribution in [0, 0.1) is 5.92 Å². The molecule has 4 heterocycles. The SMILES string of the molecule is c1cn(CC2CCC2)c([C@@H]2CCCN(c3ncnc4[nH]ccc34)C2)n1. The largest absolute Gasteiger partial charge is 0.355 e. The van der Waals surface area contributed by atoms with Gasteiger partial charge in [-0.15, -0.1) is 0 Å². The van der Waals surface area contributed by atoms with E-state index in [1.165, 1.54) is 37.9 Å². The van der Waals surface area contributed by atoms with Crippen molar-refractivity contribution in [3.8, 4) is 0 Å². The van der Waals surface area contributed by atoms with Crippen molar-refractivity contribution >= 4 is 16.9 Å². The summed E-state index contributed by atoms with van der Waals surface area (Å²) in [5, 5.41) is 1.11. The zero-order valence-corrected chi connectivity index (χ0v) is 14.4. The molecular formula is C19H24N6. The van der Waals surface area contributed by atoms with E-state index in [-0.39, 0.29) is 0 Å². The molecule has 6 heteroatoms. The molecule has 2 fully saturated rings. The number of hydrogen-bond acceptors (Lipinski definition) is 4. The Bertz CT molecular complexity index is 862. The second-order valence-corrected chi connectivity index (χ2v) is 7.46. The lowest BCUT2D eigenvalue weighted by atomic mass is 9.85. The number of rotatable bonds is 4. The molecule has 0 aromatic carbocycles. The molecule has 1 aliphatic carbocycles. The molecule has 1 N–H and O–H groups in total. The summed E-state index contributed by atoms with van der Waals surface area (Å²) >= 11 is 0. The van der Waals surface area contributed by atoms with Gasteiger partial charge in [0.15, 0.2) is 0 Å². The number of fused-ring (bicyclic) bond motifs is 1. The number of H-pyrrole nitrogens is 1. The highest BCUT2D eigenvalue weighted by molar-refractivity contribution is 5.87. The van der Waals surface area contributed by atoms with Crippen molar-refractivity contribution in [3.05, 3.63) is 36.8 Å². The van der Waals surface area contributed by atoms with Gasteiger partial charge in [-0.3, -0.25) is 0 Å². The highest BCUT2D eigenvalue weighted by Gasteiger charge is 2.28. The first-order chi connectivity index (χ1) is 12.4. The first-order valence-electron chi connectivity index (χ1n) is 9.42. The summed E-state index contributed by atoms with van der Waals surface area (Å²) < 4.78 is 2.41. The van der Waals surface area contributed by atoms with Crippen LogP contribution in [-0.4, -0.2) is 37.6 Å². The van der Waals surface area contributed by atoms with Gasteiger partial charge in [0.2, 0.25) is 0 Å². The van der Waals surface area contributed by atoms with Crippen LogP contribution in [0.3, 0.4) is 0 Å². The maximum Gasteiger partial charge on any atom is 0.142 e. The summed E-state index contributed by atoms with van der Waals surface area (Å²) in [5.41, 5.74) is 0.915. The van der Waals surface area contributed by atoms with Gasteiger partial charge in [0.25, 0.3) is 0 Å². The monoisotopic (exact) mass is 336 g/mol. The molecular weight excluding hydrogens is 312 g/mol. The molecule has 0 amide bonds. The lowest BCUT2D eigenvalue weighted by molar-refractivity contribution is 0.270. The van der Waals surface area contributed by atoms with Crippen LogP contribution in [-0.2, 0) is 6.54 Å². The number of aromatic nitrogens is 5. The molecule has 6 nitrogen and oxygen atoms in total. The van der Waals surface area contributed by atoms with Crippen molar-refractivity contribution in [2.45, 2.75) is 44.6 Å². The summed E-state index contributed by atoms with van der Waals surface area (Å²) in [5.74, 6) is 3.64. The molecule has 2 aliphatic rings. The lowest BCUT2D eigenvalue weighted by Crippen LogP contribution is -2.36. The third-order valence-electron chi connectivity index (χ3n) is 5.85. The summed E-state index contributed by atoms with van der Waals surface area (Å²) in [6, 6.07) is 2.08. The molecule has 0 bridgehead atoms. The van der Waals surface area contributed by atoms with E-state index in [9.17, 15) is 0 Å². The normalized spacial score (nSPS) is 21.6. The maximum atomic E-state index is 4.73. The first-order valence-corrected chi connectivity index (χ1v) is 9.42. The van der Waals surface area contributed by atoms with Gasteiger partial charge in [-0.1, -0.05) is 6.42 Å². The van der Waals surface area contributed by atoms with Crippen LogP contribution in [0.15, 0.2) is 31.0 Å². The second-order valence-electron chi connectivity index (χ2n) is 7.46. The molecule has 0 spiro atoms. The van der Waals surface area contributed by atoms with E-state index in [4.69, 9.17) is 4.98 Å². The number of anilines is 1. The Balaban J connectivity index is 1.39. The standard InChI is InChI=1S/C19H24N6/c1-3-14(4-1)11-25-10-8-21-18(25)15-5-2-9-24(12-15)19-16-6-7-20-17(16)22-13-23-19/h6-8,10,13-15H,1-5,9,11-12H2,(H,20,22,23)/t15-/m1/s1. The van der Waals surface area contributed by atoms with E-state index < -0.39 is 0 Å². The molecule has 3 aromatic rings. The van der Waals surface area contributed by atoms with Crippen molar-refractivity contribution in [1.29, 1.82) is 0 Å². The van der Waals surface area contributed by atoms with Crippen LogP contribution in [0.5, 0.6) is 0 Å². The number of imidazole rings is 1. The minimum atomic E-state index is 0.479. The highest BCUT2D eigenvalue weighted by atomic mass is 15.2. The van der Waals surface area contributed by atoms with Crippen LogP contribution in [0.4, 0.5) is 5.82 Å². The van der Waals surface area contributed by atoms with E-state index in [2.05, 4.69) is 36.7 Å². The molecule has 1 saturated carbocycles. The minimum absolute atomic E-state index is 0.479. The summed E-state index contributed by atoms with van der Waals surface area (Å²) in [7, 11) is 0. The van der Waals surface area contributed by atoms with Gasteiger partial charge in [-0.2, -0.15) is 0 Å². The molecule has 1 atom stereocenters. The van der Waals surface area contributed by atoms with Crippen molar-refractivity contribution in [1.82, 2.24) is 24.5 Å². The Morgan fingerprint density at radius 2 is 2.08 bits per heavy atom. The van der Waals surface area contributed by atoms with Crippen molar-refractivity contribution in [2.75, 3.05) is 18.0 Å². The zero-order chi connectivity index (χ0) is 16.6. The van der Waals surface area contributed by atoms with Crippen LogP contribution >= 0.6 is 0 Å². The first kappa shape index (κ1) is 14.9. The molecule has 1 saturated heterocycles. The molecule has 1 aliphatic heterocycles. The predicted octanol–water partition coefficient (Wildman–Crippen LogP) is 3.34. The molecule has 0 unspecified atom stereocenters. The molecule has 0 radical (unpaired) electrons. The Hall–Kier alpha value is -2.37. The predicted molar refractivity (Wildman–Crippen MR) is 97.6 cm³/mol. The number of hydrogen-bond donors (Lipinski definition) is 1. The van der Waals surface area contributed by atoms with E-state index in [0.29, 0.717) is 5.92 Å². The smallest absolute Gasteiger partial charge is 0.142 e. The van der Waals surface area contributed by atoms with E-state index in [1.807, 2.05) is 12.4 Å². The van der Waals surface area contributed by atoms with Crippen molar-refractivity contribution in [2.24, 2.45) is 5.92 Å². The molecule has 130 valence electrons. The van der Waals surface area contributed by atoms with Gasteiger partial charge in [-0.25, -0.2) is 15.0 Å². The Morgan fingerprint density at radius 3 is 2.96 bits per heavy atom. The highest BCUT2D eigenvalue weighted by Crippen LogP contribution is 2.33. The fourth-order valence-electron chi connectivity index (χ4n) is 4.28. The van der Waals surface area contributed by atoms with Crippen molar-refractivity contribution < 1.29 is 0 Å². The van der Waals surface area contributed by atoms with Gasteiger partial charge < -0.3 is 14.5 Å². The van der Waals surface area contributed by atoms with Gasteiger partial charge in [0, 0.05) is 44.1 Å². The maximum absolute atomic E-state index is 4.73. The fraction of sp³-hybridized carbons (Fsp3) is 0.526. The van der Waals surface area contributed by atoms with Crippen LogP contribution in [0.25, 0.3) is 11.0 Å². The minimum Gasteiger partial charge on any atom is -0.355 e. The Labute approximate surface area is 147 Å². The average Bonchev–Trinajstić information content (AvgIpc) is 3.27. The average molecular weight is 336 g/mol. The number of nitrogens with zero attached hydrogens (tertiary/aromatic N) is 5. The van der Waals surface area contributed by atoms with Crippen molar-refractivity contribution in [3.63, 3.8) is 0 Å². The molecule has 3 aromatic heterocycles. The third kappa shape index (κ3) is 2.69. The third-order valence-corrected chi connectivity index (χ3v) is 5.85. The summed E-state index contributed by atoms with van der Waals surface area (Å²) in [6.07, 6.45) is 14.3.